The molecule has 3 amide bonds. The van der Waals surface area contributed by atoms with Gasteiger partial charge in [-0.2, -0.15) is 5.10 Å². The van der Waals surface area contributed by atoms with Gasteiger partial charge in [-0.25, -0.2) is 5.43 Å². The van der Waals surface area contributed by atoms with Gasteiger partial charge in [-0.1, -0.05) is 60.7 Å². The van der Waals surface area contributed by atoms with Gasteiger partial charge in [0.15, 0.2) is 18.1 Å². The normalized spacial score (nSPS) is 10.5. The number of nitrogens with one attached hydrogen (secondary N) is 3. The van der Waals surface area contributed by atoms with Crippen molar-refractivity contribution in [2.24, 2.45) is 5.10 Å². The fourth-order valence-electron chi connectivity index (χ4n) is 3.14. The Bertz CT molecular complexity index is 1180. The predicted octanol–water partition coefficient (Wildman–Crippen LogP) is 2.20. The maximum atomic E-state index is 12.1. The molecule has 9 nitrogen and oxygen atoms in total. The standard InChI is InChI=1S/C27H28N4O5/c1-35-24-16-22(12-13-23(24)36-19-25(32)29-17-21-10-6-3-7-11-21)18-30-31-27(34)26(33)28-15-14-20-8-4-2-5-9-20/h2-13,16,18H,14-15,17,19H2,1H3,(H,28,33)(H,29,32)(H,31,34)/b30-18-. The van der Waals surface area contributed by atoms with Crippen LogP contribution in [0.25, 0.3) is 0 Å². The van der Waals surface area contributed by atoms with Crippen molar-refractivity contribution in [1.29, 1.82) is 0 Å². The first-order valence-corrected chi connectivity index (χ1v) is 11.3. The Morgan fingerprint density at radius 1 is 0.833 bits per heavy atom. The monoisotopic (exact) mass is 488 g/mol. The lowest BCUT2D eigenvalue weighted by atomic mass is 10.1. The molecule has 0 radical (unpaired) electrons. The van der Waals surface area contributed by atoms with E-state index in [-0.39, 0.29) is 12.5 Å². The number of benzene rings is 3. The van der Waals surface area contributed by atoms with Crippen LogP contribution in [0.2, 0.25) is 0 Å². The highest BCUT2D eigenvalue weighted by molar-refractivity contribution is 6.35. The lowest BCUT2D eigenvalue weighted by molar-refractivity contribution is -0.139. The first-order valence-electron chi connectivity index (χ1n) is 11.3. The molecule has 0 aromatic heterocycles. The van der Waals surface area contributed by atoms with Crippen LogP contribution < -0.4 is 25.5 Å². The summed E-state index contributed by atoms with van der Waals surface area (Å²) in [7, 11) is 1.47. The summed E-state index contributed by atoms with van der Waals surface area (Å²) in [5, 5.41) is 9.16. The summed E-state index contributed by atoms with van der Waals surface area (Å²) < 4.78 is 10.9. The molecule has 186 valence electrons. The molecule has 3 rings (SSSR count). The van der Waals surface area contributed by atoms with E-state index in [1.54, 1.807) is 18.2 Å². The number of nitrogens with zero attached hydrogens (tertiary/aromatic N) is 1. The highest BCUT2D eigenvalue weighted by Crippen LogP contribution is 2.27. The molecule has 3 aromatic carbocycles. The highest BCUT2D eigenvalue weighted by Gasteiger charge is 2.12. The zero-order chi connectivity index (χ0) is 25.6. The van der Waals surface area contributed by atoms with Crippen LogP contribution in [0.1, 0.15) is 16.7 Å². The number of hydrazone groups is 1. The molecular weight excluding hydrogens is 460 g/mol. The van der Waals surface area contributed by atoms with Crippen LogP contribution in [-0.4, -0.2) is 44.2 Å². The third-order valence-electron chi connectivity index (χ3n) is 5.01. The first-order chi connectivity index (χ1) is 17.5. The van der Waals surface area contributed by atoms with Gasteiger partial charge in [0.05, 0.1) is 13.3 Å². The first kappa shape index (κ1) is 26.0. The van der Waals surface area contributed by atoms with Crippen molar-refractivity contribution in [3.05, 3.63) is 95.6 Å². The summed E-state index contributed by atoms with van der Waals surface area (Å²) >= 11 is 0. The molecule has 0 saturated heterocycles. The van der Waals surface area contributed by atoms with E-state index in [2.05, 4.69) is 21.2 Å². The van der Waals surface area contributed by atoms with Gasteiger partial charge in [0.1, 0.15) is 0 Å². The van der Waals surface area contributed by atoms with Crippen LogP contribution in [0, 0.1) is 0 Å². The summed E-state index contributed by atoms with van der Waals surface area (Å²) in [6.45, 7) is 0.571. The van der Waals surface area contributed by atoms with Crippen LogP contribution in [0.15, 0.2) is 84.0 Å². The molecule has 9 heteroatoms. The Morgan fingerprint density at radius 3 is 2.22 bits per heavy atom. The molecule has 0 aliphatic rings. The molecule has 36 heavy (non-hydrogen) atoms. The van der Waals surface area contributed by atoms with Crippen molar-refractivity contribution in [3.63, 3.8) is 0 Å². The number of carbonyl (C=O) groups is 3. The van der Waals surface area contributed by atoms with Crippen LogP contribution in [0.4, 0.5) is 0 Å². The van der Waals surface area contributed by atoms with Gasteiger partial charge in [0.2, 0.25) is 0 Å². The van der Waals surface area contributed by atoms with Crippen LogP contribution in [0.3, 0.4) is 0 Å². The van der Waals surface area contributed by atoms with E-state index in [1.165, 1.54) is 13.3 Å². The summed E-state index contributed by atoms with van der Waals surface area (Å²) in [5.41, 5.74) is 4.84. The highest BCUT2D eigenvalue weighted by atomic mass is 16.5. The molecule has 0 bridgehead atoms. The molecule has 0 spiro atoms. The molecule has 0 saturated carbocycles. The lowest BCUT2D eigenvalue weighted by Crippen LogP contribution is -2.38. The molecule has 0 fully saturated rings. The van der Waals surface area contributed by atoms with Gasteiger partial charge in [0, 0.05) is 13.1 Å². The number of hydrogen-bond donors (Lipinski definition) is 3. The van der Waals surface area contributed by atoms with E-state index >= 15 is 0 Å². The van der Waals surface area contributed by atoms with Crippen LogP contribution in [-0.2, 0) is 27.3 Å². The zero-order valence-electron chi connectivity index (χ0n) is 19.9. The predicted molar refractivity (Wildman–Crippen MR) is 136 cm³/mol. The van der Waals surface area contributed by atoms with E-state index in [4.69, 9.17) is 9.47 Å². The molecule has 0 atom stereocenters. The number of carbonyl (C=O) groups excluding carboxylic acids is 3. The minimum atomic E-state index is -0.868. The average Bonchev–Trinajstić information content (AvgIpc) is 2.92. The second-order valence-corrected chi connectivity index (χ2v) is 7.65. The topological polar surface area (TPSA) is 118 Å². The lowest BCUT2D eigenvalue weighted by Gasteiger charge is -2.11. The van der Waals surface area contributed by atoms with Crippen molar-refractivity contribution in [2.75, 3.05) is 20.3 Å². The Hall–Kier alpha value is -4.66. The number of ether oxygens (including phenoxy) is 2. The molecule has 0 aliphatic heterocycles. The number of rotatable bonds is 11. The summed E-state index contributed by atoms with van der Waals surface area (Å²) in [4.78, 5) is 35.9. The Labute approximate surface area is 209 Å². The third-order valence-corrected chi connectivity index (χ3v) is 5.01. The second-order valence-electron chi connectivity index (χ2n) is 7.65. The molecule has 0 aliphatic carbocycles. The Balaban J connectivity index is 1.42. The minimum Gasteiger partial charge on any atom is -0.493 e. The van der Waals surface area contributed by atoms with Crippen LogP contribution in [0.5, 0.6) is 11.5 Å². The fraction of sp³-hybridized carbons (Fsp3) is 0.185. The SMILES string of the molecule is COc1cc(/C=N\NC(=O)C(=O)NCCc2ccccc2)ccc1OCC(=O)NCc1ccccc1. The molecule has 0 unspecified atom stereocenters. The van der Waals surface area contributed by atoms with Gasteiger partial charge in [-0.15, -0.1) is 0 Å². The van der Waals surface area contributed by atoms with Crippen molar-refractivity contribution in [1.82, 2.24) is 16.1 Å². The van der Waals surface area contributed by atoms with Gasteiger partial charge in [-0.3, -0.25) is 14.4 Å². The smallest absolute Gasteiger partial charge is 0.329 e. The van der Waals surface area contributed by atoms with Gasteiger partial charge >= 0.3 is 11.8 Å². The van der Waals surface area contributed by atoms with Crippen molar-refractivity contribution < 1.29 is 23.9 Å². The largest absolute Gasteiger partial charge is 0.493 e. The van der Waals surface area contributed by atoms with Gasteiger partial charge in [-0.05, 0) is 41.3 Å². The molecular formula is C27H28N4O5. The van der Waals surface area contributed by atoms with Crippen molar-refractivity contribution in [2.45, 2.75) is 13.0 Å². The van der Waals surface area contributed by atoms with Crippen molar-refractivity contribution >= 4 is 23.9 Å². The third kappa shape index (κ3) is 8.60. The Morgan fingerprint density at radius 2 is 1.53 bits per heavy atom. The summed E-state index contributed by atoms with van der Waals surface area (Å²) in [6, 6.07) is 24.1. The van der Waals surface area contributed by atoms with Gasteiger partial charge in [0.25, 0.3) is 5.91 Å². The van der Waals surface area contributed by atoms with E-state index in [0.717, 1.165) is 11.1 Å². The maximum Gasteiger partial charge on any atom is 0.329 e. The van der Waals surface area contributed by atoms with E-state index in [9.17, 15) is 14.4 Å². The summed E-state index contributed by atoms with van der Waals surface area (Å²) in [6.07, 6.45) is 1.99. The summed E-state index contributed by atoms with van der Waals surface area (Å²) in [5.74, 6) is -1.13. The number of amides is 3. The molecule has 0 heterocycles. The Kier molecular flexibility index (Phi) is 10.0. The second kappa shape index (κ2) is 13.9. The molecule has 3 N–H and O–H groups in total. The fourth-order valence-corrected chi connectivity index (χ4v) is 3.14. The average molecular weight is 489 g/mol. The van der Waals surface area contributed by atoms with Crippen molar-refractivity contribution in [3.8, 4) is 11.5 Å². The number of methoxy groups -OCH3 is 1. The zero-order valence-corrected chi connectivity index (χ0v) is 19.9. The minimum absolute atomic E-state index is 0.175. The quantitative estimate of drug-likeness (QED) is 0.217. The van der Waals surface area contributed by atoms with Crippen LogP contribution >= 0.6 is 0 Å². The van der Waals surface area contributed by atoms with E-state index in [1.807, 2.05) is 60.7 Å². The maximum absolute atomic E-state index is 12.1. The van der Waals surface area contributed by atoms with E-state index < -0.39 is 11.8 Å². The van der Waals surface area contributed by atoms with Gasteiger partial charge < -0.3 is 20.1 Å². The van der Waals surface area contributed by atoms with E-state index in [0.29, 0.717) is 36.6 Å². The number of hydrogen-bond acceptors (Lipinski definition) is 6. The molecule has 3 aromatic rings.